The first kappa shape index (κ1) is 10.5. The third kappa shape index (κ3) is 2.00. The number of fused-ring (bicyclic) bond motifs is 1. The molecule has 2 nitrogen and oxygen atoms in total. The number of nitrogens with one attached hydrogen (secondary N) is 1. The van der Waals surface area contributed by atoms with E-state index in [9.17, 15) is 0 Å². The summed E-state index contributed by atoms with van der Waals surface area (Å²) in [7, 11) is 1.88. The minimum absolute atomic E-state index is 0.693. The number of nitrogen functional groups attached to an aromatic ring is 1. The van der Waals surface area contributed by atoms with E-state index in [-0.39, 0.29) is 0 Å². The summed E-state index contributed by atoms with van der Waals surface area (Å²) in [6, 6.07) is 11.9. The van der Waals surface area contributed by atoms with Crippen molar-refractivity contribution < 1.29 is 0 Å². The van der Waals surface area contributed by atoms with Crippen molar-refractivity contribution in [3.63, 3.8) is 0 Å². The second-order valence-electron chi connectivity index (χ2n) is 3.58. The molecule has 0 heterocycles. The molecule has 0 atom stereocenters. The molecule has 0 aliphatic rings. The fourth-order valence-corrected chi connectivity index (χ4v) is 1.67. The third-order valence-corrected chi connectivity index (χ3v) is 2.44. The molecule has 0 bridgehead atoms. The molecule has 2 rings (SSSR count). The maximum atomic E-state index is 5.92. The van der Waals surface area contributed by atoms with Gasteiger partial charge in [0.15, 0.2) is 0 Å². The average molecular weight is 210 g/mol. The number of benzene rings is 2. The van der Waals surface area contributed by atoms with E-state index in [1.54, 1.807) is 0 Å². The highest BCUT2D eigenvalue weighted by atomic mass is 14.8. The van der Waals surface area contributed by atoms with Crippen molar-refractivity contribution in [3.8, 4) is 11.8 Å². The maximum absolute atomic E-state index is 5.92. The standard InChI is InChI=1S/C14H14N2/c1-16-10-4-6-11-5-2-8-13-12(11)7-3-9-14(13)15/h2-3,5,7-9,16H,10,15H2,1H3. The molecular formula is C14H14N2. The molecular weight excluding hydrogens is 196 g/mol. The van der Waals surface area contributed by atoms with E-state index in [1.807, 2.05) is 37.4 Å². The zero-order valence-corrected chi connectivity index (χ0v) is 9.25. The lowest BCUT2D eigenvalue weighted by Gasteiger charge is -2.03. The predicted molar refractivity (Wildman–Crippen MR) is 69.2 cm³/mol. The average Bonchev–Trinajstić information content (AvgIpc) is 2.31. The summed E-state index contributed by atoms with van der Waals surface area (Å²) in [4.78, 5) is 0. The van der Waals surface area contributed by atoms with Crippen LogP contribution in [-0.4, -0.2) is 13.6 Å². The zero-order chi connectivity index (χ0) is 11.4. The van der Waals surface area contributed by atoms with Crippen LogP contribution in [0.15, 0.2) is 36.4 Å². The minimum Gasteiger partial charge on any atom is -0.398 e. The van der Waals surface area contributed by atoms with Crippen LogP contribution in [0.4, 0.5) is 5.69 Å². The minimum atomic E-state index is 0.693. The van der Waals surface area contributed by atoms with Gasteiger partial charge in [0.05, 0.1) is 6.54 Å². The number of nitrogens with two attached hydrogens (primary N) is 1. The van der Waals surface area contributed by atoms with Crippen LogP contribution in [0.1, 0.15) is 5.56 Å². The normalized spacial score (nSPS) is 9.81. The van der Waals surface area contributed by atoms with Crippen molar-refractivity contribution in [2.45, 2.75) is 0 Å². The van der Waals surface area contributed by atoms with E-state index in [0.717, 1.165) is 22.0 Å². The lowest BCUT2D eigenvalue weighted by molar-refractivity contribution is 0.938. The summed E-state index contributed by atoms with van der Waals surface area (Å²) in [6.07, 6.45) is 0. The molecule has 0 aliphatic heterocycles. The Morgan fingerprint density at radius 1 is 1.12 bits per heavy atom. The smallest absolute Gasteiger partial charge is 0.0577 e. The summed E-state index contributed by atoms with van der Waals surface area (Å²) in [5, 5.41) is 5.18. The Balaban J connectivity index is 2.55. The molecule has 0 radical (unpaired) electrons. The van der Waals surface area contributed by atoms with Gasteiger partial charge in [-0.25, -0.2) is 0 Å². The van der Waals surface area contributed by atoms with Crippen LogP contribution in [0.3, 0.4) is 0 Å². The molecule has 3 N–H and O–H groups in total. The van der Waals surface area contributed by atoms with Gasteiger partial charge in [-0.1, -0.05) is 36.1 Å². The van der Waals surface area contributed by atoms with Gasteiger partial charge >= 0.3 is 0 Å². The first-order valence-electron chi connectivity index (χ1n) is 5.23. The highest BCUT2D eigenvalue weighted by Crippen LogP contribution is 2.23. The molecule has 0 amide bonds. The van der Waals surface area contributed by atoms with Crippen molar-refractivity contribution in [1.29, 1.82) is 0 Å². The van der Waals surface area contributed by atoms with Gasteiger partial charge < -0.3 is 11.1 Å². The third-order valence-electron chi connectivity index (χ3n) is 2.44. The van der Waals surface area contributed by atoms with Crippen molar-refractivity contribution in [3.05, 3.63) is 42.0 Å². The number of anilines is 1. The molecule has 0 aliphatic carbocycles. The molecule has 0 saturated heterocycles. The van der Waals surface area contributed by atoms with Crippen LogP contribution in [0.5, 0.6) is 0 Å². The Morgan fingerprint density at radius 3 is 2.69 bits per heavy atom. The Labute approximate surface area is 95.5 Å². The summed E-state index contributed by atoms with van der Waals surface area (Å²) >= 11 is 0. The van der Waals surface area contributed by atoms with E-state index in [2.05, 4.69) is 23.2 Å². The largest absolute Gasteiger partial charge is 0.398 e. The van der Waals surface area contributed by atoms with Gasteiger partial charge in [-0.3, -0.25) is 0 Å². The van der Waals surface area contributed by atoms with Crippen LogP contribution in [0.25, 0.3) is 10.8 Å². The topological polar surface area (TPSA) is 38.0 Å². The molecule has 2 aromatic rings. The van der Waals surface area contributed by atoms with Crippen molar-refractivity contribution in [2.24, 2.45) is 0 Å². The molecule has 80 valence electrons. The van der Waals surface area contributed by atoms with Crippen molar-refractivity contribution in [1.82, 2.24) is 5.32 Å². The fraction of sp³-hybridized carbons (Fsp3) is 0.143. The molecule has 0 aromatic heterocycles. The maximum Gasteiger partial charge on any atom is 0.0577 e. The monoisotopic (exact) mass is 210 g/mol. The Kier molecular flexibility index (Phi) is 3.09. The Hall–Kier alpha value is -1.98. The van der Waals surface area contributed by atoms with E-state index < -0.39 is 0 Å². The van der Waals surface area contributed by atoms with Gasteiger partial charge in [0, 0.05) is 16.6 Å². The molecule has 16 heavy (non-hydrogen) atoms. The predicted octanol–water partition coefficient (Wildman–Crippen LogP) is 1.99. The van der Waals surface area contributed by atoms with Crippen LogP contribution < -0.4 is 11.1 Å². The Bertz CT molecular complexity index is 562. The number of hydrogen-bond acceptors (Lipinski definition) is 2. The molecule has 0 unspecified atom stereocenters. The van der Waals surface area contributed by atoms with E-state index in [4.69, 9.17) is 5.73 Å². The molecule has 0 spiro atoms. The van der Waals surface area contributed by atoms with Gasteiger partial charge in [-0.15, -0.1) is 0 Å². The SMILES string of the molecule is CNCC#Cc1cccc2c(N)cccc12. The van der Waals surface area contributed by atoms with Gasteiger partial charge in [0.25, 0.3) is 0 Å². The number of rotatable bonds is 1. The van der Waals surface area contributed by atoms with Crippen LogP contribution in [-0.2, 0) is 0 Å². The van der Waals surface area contributed by atoms with Crippen molar-refractivity contribution in [2.75, 3.05) is 19.3 Å². The quantitative estimate of drug-likeness (QED) is 0.558. The van der Waals surface area contributed by atoms with Gasteiger partial charge in [-0.05, 0) is 24.6 Å². The first-order valence-corrected chi connectivity index (χ1v) is 5.23. The van der Waals surface area contributed by atoms with Crippen LogP contribution in [0.2, 0.25) is 0 Å². The second kappa shape index (κ2) is 4.69. The molecule has 0 fully saturated rings. The summed E-state index contributed by atoms with van der Waals surface area (Å²) < 4.78 is 0. The lowest BCUT2D eigenvalue weighted by Crippen LogP contribution is -2.04. The molecule has 2 heteroatoms. The zero-order valence-electron chi connectivity index (χ0n) is 9.25. The van der Waals surface area contributed by atoms with E-state index >= 15 is 0 Å². The Morgan fingerprint density at radius 2 is 1.88 bits per heavy atom. The highest BCUT2D eigenvalue weighted by molar-refractivity contribution is 5.96. The molecule has 0 saturated carbocycles. The summed E-state index contributed by atoms with van der Waals surface area (Å²) in [5.74, 6) is 6.21. The van der Waals surface area contributed by atoms with Gasteiger partial charge in [-0.2, -0.15) is 0 Å². The number of hydrogen-bond donors (Lipinski definition) is 2. The lowest BCUT2D eigenvalue weighted by atomic mass is 10.0. The van der Waals surface area contributed by atoms with E-state index in [1.165, 1.54) is 0 Å². The second-order valence-corrected chi connectivity index (χ2v) is 3.58. The van der Waals surface area contributed by atoms with Crippen LogP contribution in [0, 0.1) is 11.8 Å². The summed E-state index contributed by atoms with van der Waals surface area (Å²) in [5.41, 5.74) is 7.75. The van der Waals surface area contributed by atoms with E-state index in [0.29, 0.717) is 6.54 Å². The van der Waals surface area contributed by atoms with Crippen LogP contribution >= 0.6 is 0 Å². The van der Waals surface area contributed by atoms with Gasteiger partial charge in [0.2, 0.25) is 0 Å². The highest BCUT2D eigenvalue weighted by Gasteiger charge is 1.99. The first-order chi connectivity index (χ1) is 7.83. The summed E-state index contributed by atoms with van der Waals surface area (Å²) in [6.45, 7) is 0.693. The van der Waals surface area contributed by atoms with Crippen molar-refractivity contribution >= 4 is 16.5 Å². The van der Waals surface area contributed by atoms with Gasteiger partial charge in [0.1, 0.15) is 0 Å². The molecule has 2 aromatic carbocycles. The fourth-order valence-electron chi connectivity index (χ4n) is 1.67.